The predicted molar refractivity (Wildman–Crippen MR) is 164 cm³/mol. The van der Waals surface area contributed by atoms with E-state index in [-0.39, 0.29) is 0 Å². The number of ether oxygens (including phenoxy) is 2. The Labute approximate surface area is 250 Å². The molecular weight excluding hydrogens is 579 g/mol. The number of benzene rings is 3. The number of nitrogens with one attached hydrogen (secondary N) is 1. The number of hydrogen-bond donors (Lipinski definition) is 1. The van der Waals surface area contributed by atoms with Crippen LogP contribution < -0.4 is 5.32 Å². The van der Waals surface area contributed by atoms with Crippen LogP contribution in [0.5, 0.6) is 0 Å². The number of amides is 1. The molecule has 0 aliphatic heterocycles. The topological polar surface area (TPSA) is 77.5 Å². The number of carbonyl (C=O) groups is 2. The lowest BCUT2D eigenvalue weighted by molar-refractivity contribution is -0.136. The molecule has 0 unspecified atom stereocenters. The molecule has 1 atom stereocenters. The van der Waals surface area contributed by atoms with Gasteiger partial charge in [0.15, 0.2) is 0 Å². The highest BCUT2D eigenvalue weighted by Gasteiger charge is 2.46. The van der Waals surface area contributed by atoms with Crippen molar-refractivity contribution in [1.82, 2.24) is 4.98 Å². The standard InChI is InChI=1S/C32H24Cl2N2O4S/c1-19(24-4-2-3-5-26(24)33)40-31(38)36-28-25-14-15-27(34)35-30(25)41-29(28)22-8-6-20(7-9-22)21-10-12-23(13-11-21)32(16-17-32)39-18-37/h2-15,18-19H,16-17H2,1H3,(H,36,38)/t19-/m1/s1. The van der Waals surface area contributed by atoms with E-state index in [0.717, 1.165) is 50.9 Å². The number of halogens is 2. The molecule has 41 heavy (non-hydrogen) atoms. The molecule has 0 saturated heterocycles. The van der Waals surface area contributed by atoms with Gasteiger partial charge < -0.3 is 9.47 Å². The van der Waals surface area contributed by atoms with Gasteiger partial charge >= 0.3 is 6.09 Å². The van der Waals surface area contributed by atoms with Gasteiger partial charge in [-0.15, -0.1) is 11.3 Å². The Balaban J connectivity index is 1.27. The number of nitrogens with zero attached hydrogens (tertiary/aromatic N) is 1. The number of pyridine rings is 1. The number of thiophene rings is 1. The molecule has 0 spiro atoms. The van der Waals surface area contributed by atoms with Gasteiger partial charge in [0.2, 0.25) is 0 Å². The van der Waals surface area contributed by atoms with Crippen molar-refractivity contribution in [3.63, 3.8) is 0 Å². The molecule has 1 saturated carbocycles. The average Bonchev–Trinajstić information content (AvgIpc) is 3.68. The van der Waals surface area contributed by atoms with E-state index in [1.165, 1.54) is 11.3 Å². The number of carbonyl (C=O) groups excluding carboxylic acids is 2. The Kier molecular flexibility index (Phi) is 7.43. The molecule has 5 aromatic rings. The number of anilines is 1. The van der Waals surface area contributed by atoms with Crippen molar-refractivity contribution in [2.24, 2.45) is 0 Å². The fourth-order valence-electron chi connectivity index (χ4n) is 4.90. The summed E-state index contributed by atoms with van der Waals surface area (Å²) in [5, 5.41) is 4.61. The predicted octanol–water partition coefficient (Wildman–Crippen LogP) is 9.41. The van der Waals surface area contributed by atoms with Crippen LogP contribution in [-0.2, 0) is 19.9 Å². The van der Waals surface area contributed by atoms with Crippen molar-refractivity contribution in [1.29, 1.82) is 0 Å². The number of hydrogen-bond acceptors (Lipinski definition) is 6. The smallest absolute Gasteiger partial charge is 0.412 e. The summed E-state index contributed by atoms with van der Waals surface area (Å²) in [6, 6.07) is 27.0. The highest BCUT2D eigenvalue weighted by molar-refractivity contribution is 7.22. The quantitative estimate of drug-likeness (QED) is 0.141. The molecule has 3 aromatic carbocycles. The van der Waals surface area contributed by atoms with Crippen LogP contribution in [0.1, 0.15) is 37.0 Å². The second kappa shape index (κ2) is 11.2. The highest BCUT2D eigenvalue weighted by atomic mass is 35.5. The number of aromatic nitrogens is 1. The van der Waals surface area contributed by atoms with E-state index in [1.807, 2.05) is 72.8 Å². The summed E-state index contributed by atoms with van der Waals surface area (Å²) in [5.41, 5.74) is 4.86. The molecule has 6 rings (SSSR count). The number of fused-ring (bicyclic) bond motifs is 1. The Hall–Kier alpha value is -3.91. The summed E-state index contributed by atoms with van der Waals surface area (Å²) < 4.78 is 11.0. The minimum absolute atomic E-state index is 0.372. The van der Waals surface area contributed by atoms with Crippen LogP contribution in [0.3, 0.4) is 0 Å². The molecule has 0 radical (unpaired) electrons. The molecule has 1 N–H and O–H groups in total. The first-order valence-electron chi connectivity index (χ1n) is 13.0. The maximum Gasteiger partial charge on any atom is 0.412 e. The summed E-state index contributed by atoms with van der Waals surface area (Å²) >= 11 is 13.9. The molecule has 9 heteroatoms. The molecule has 6 nitrogen and oxygen atoms in total. The van der Waals surface area contributed by atoms with Crippen LogP contribution in [0, 0.1) is 0 Å². The zero-order chi connectivity index (χ0) is 28.6. The summed E-state index contributed by atoms with van der Waals surface area (Å²) in [5.74, 6) is 0. The van der Waals surface area contributed by atoms with Crippen LogP contribution in [-0.4, -0.2) is 17.5 Å². The second-order valence-electron chi connectivity index (χ2n) is 9.85. The molecule has 2 heterocycles. The summed E-state index contributed by atoms with van der Waals surface area (Å²) in [7, 11) is 0. The van der Waals surface area contributed by atoms with E-state index in [9.17, 15) is 9.59 Å². The molecular formula is C32H24Cl2N2O4S. The van der Waals surface area contributed by atoms with Gasteiger partial charge in [-0.1, -0.05) is 89.9 Å². The lowest BCUT2D eigenvalue weighted by Gasteiger charge is -2.16. The molecule has 1 fully saturated rings. The van der Waals surface area contributed by atoms with Crippen molar-refractivity contribution in [3.05, 3.63) is 106 Å². The fourth-order valence-corrected chi connectivity index (χ4v) is 6.53. The van der Waals surface area contributed by atoms with Crippen LogP contribution in [0.2, 0.25) is 10.2 Å². The van der Waals surface area contributed by atoms with Crippen molar-refractivity contribution in [3.8, 4) is 21.6 Å². The largest absolute Gasteiger partial charge is 0.456 e. The van der Waals surface area contributed by atoms with E-state index < -0.39 is 17.8 Å². The van der Waals surface area contributed by atoms with Gasteiger partial charge in [0, 0.05) is 16.0 Å². The SMILES string of the molecule is C[C@@H](OC(=O)Nc1c(-c2ccc(-c3ccc(C4(OC=O)CC4)cc3)cc2)sc2nc(Cl)ccc12)c1ccccc1Cl. The molecule has 1 aliphatic rings. The van der Waals surface area contributed by atoms with Gasteiger partial charge in [0.1, 0.15) is 21.7 Å². The Morgan fingerprint density at radius 1 is 0.951 bits per heavy atom. The van der Waals surface area contributed by atoms with Crippen molar-refractivity contribution < 1.29 is 19.1 Å². The molecule has 1 amide bonds. The maximum absolute atomic E-state index is 13.0. The Morgan fingerprint density at radius 3 is 2.27 bits per heavy atom. The monoisotopic (exact) mass is 602 g/mol. The zero-order valence-electron chi connectivity index (χ0n) is 21.9. The highest BCUT2D eigenvalue weighted by Crippen LogP contribution is 2.49. The van der Waals surface area contributed by atoms with Crippen molar-refractivity contribution in [2.45, 2.75) is 31.5 Å². The van der Waals surface area contributed by atoms with E-state index in [0.29, 0.717) is 27.2 Å². The van der Waals surface area contributed by atoms with E-state index in [4.69, 9.17) is 32.7 Å². The minimum atomic E-state index is -0.600. The third kappa shape index (κ3) is 5.53. The fraction of sp³-hybridized carbons (Fsp3) is 0.156. The maximum atomic E-state index is 13.0. The molecule has 1 aliphatic carbocycles. The third-order valence-corrected chi connectivity index (χ3v) is 8.95. The lowest BCUT2D eigenvalue weighted by atomic mass is 9.99. The first kappa shape index (κ1) is 27.3. The van der Waals surface area contributed by atoms with Crippen LogP contribution in [0.15, 0.2) is 84.9 Å². The second-order valence-corrected chi connectivity index (χ2v) is 11.6. The van der Waals surface area contributed by atoms with Gasteiger partial charge in [-0.05, 0) is 60.2 Å². The van der Waals surface area contributed by atoms with E-state index >= 15 is 0 Å². The summed E-state index contributed by atoms with van der Waals surface area (Å²) in [4.78, 5) is 29.9. The first-order chi connectivity index (χ1) is 19.9. The normalized spacial score (nSPS) is 14.3. The zero-order valence-corrected chi connectivity index (χ0v) is 24.2. The van der Waals surface area contributed by atoms with Gasteiger partial charge in [-0.25, -0.2) is 9.78 Å². The Morgan fingerprint density at radius 2 is 1.61 bits per heavy atom. The van der Waals surface area contributed by atoms with Crippen LogP contribution >= 0.6 is 34.5 Å². The van der Waals surface area contributed by atoms with Gasteiger partial charge in [-0.2, -0.15) is 0 Å². The minimum Gasteiger partial charge on any atom is -0.456 e. The molecule has 0 bridgehead atoms. The van der Waals surface area contributed by atoms with E-state index in [2.05, 4.69) is 10.3 Å². The van der Waals surface area contributed by atoms with Crippen molar-refractivity contribution in [2.75, 3.05) is 5.32 Å². The van der Waals surface area contributed by atoms with Crippen molar-refractivity contribution >= 4 is 63.0 Å². The lowest BCUT2D eigenvalue weighted by Crippen LogP contribution is -2.16. The van der Waals surface area contributed by atoms with Gasteiger partial charge in [0.05, 0.1) is 10.6 Å². The molecule has 206 valence electrons. The summed E-state index contributed by atoms with van der Waals surface area (Å²) in [6.07, 6.45) is 0.544. The Bertz CT molecular complexity index is 1750. The average molecular weight is 604 g/mol. The van der Waals surface area contributed by atoms with Crippen LogP contribution in [0.25, 0.3) is 31.8 Å². The molecule has 2 aromatic heterocycles. The van der Waals surface area contributed by atoms with E-state index in [1.54, 1.807) is 19.1 Å². The summed E-state index contributed by atoms with van der Waals surface area (Å²) in [6.45, 7) is 2.30. The first-order valence-corrected chi connectivity index (χ1v) is 14.6. The van der Waals surface area contributed by atoms with Gasteiger partial charge in [0.25, 0.3) is 6.47 Å². The van der Waals surface area contributed by atoms with Crippen LogP contribution in [0.4, 0.5) is 10.5 Å². The van der Waals surface area contributed by atoms with Gasteiger partial charge in [-0.3, -0.25) is 10.1 Å². The number of rotatable bonds is 8. The third-order valence-electron chi connectivity index (χ3n) is 7.24.